The second-order valence-corrected chi connectivity index (χ2v) is 3.93. The van der Waals surface area contributed by atoms with Crippen LogP contribution in [0.2, 0.25) is 0 Å². The number of hydrogen-bond donors (Lipinski definition) is 2. The number of nitrogens with one attached hydrogen (secondary N) is 1. The second kappa shape index (κ2) is 4.82. The van der Waals surface area contributed by atoms with Crippen molar-refractivity contribution in [1.82, 2.24) is 0 Å². The largest absolute Gasteiger partial charge is 0.481 e. The van der Waals surface area contributed by atoms with Crippen LogP contribution in [0.25, 0.3) is 0 Å². The van der Waals surface area contributed by atoms with Crippen molar-refractivity contribution in [2.45, 2.75) is 26.8 Å². The van der Waals surface area contributed by atoms with Gasteiger partial charge in [0, 0.05) is 11.7 Å². The maximum atomic E-state index is 10.7. The van der Waals surface area contributed by atoms with Gasteiger partial charge in [0.05, 0.1) is 5.92 Å². The van der Waals surface area contributed by atoms with Crippen LogP contribution >= 0.6 is 0 Å². The second-order valence-electron chi connectivity index (χ2n) is 3.93. The lowest BCUT2D eigenvalue weighted by Crippen LogP contribution is -2.29. The van der Waals surface area contributed by atoms with Crippen molar-refractivity contribution in [2.75, 3.05) is 5.32 Å². The van der Waals surface area contributed by atoms with Gasteiger partial charge >= 0.3 is 5.97 Å². The average Bonchev–Trinajstić information content (AvgIpc) is 2.20. The Bertz CT molecular complexity index is 332. The maximum Gasteiger partial charge on any atom is 0.308 e. The molecule has 3 heteroatoms. The lowest BCUT2D eigenvalue weighted by Gasteiger charge is -2.19. The summed E-state index contributed by atoms with van der Waals surface area (Å²) in [4.78, 5) is 10.7. The third kappa shape index (κ3) is 3.27. The predicted octanol–water partition coefficient (Wildman–Crippen LogP) is 2.52. The number of aryl methyl sites for hydroxylation is 1. The molecule has 2 N–H and O–H groups in total. The van der Waals surface area contributed by atoms with Crippen LogP contribution in [-0.2, 0) is 4.79 Å². The van der Waals surface area contributed by atoms with Gasteiger partial charge < -0.3 is 10.4 Å². The molecule has 0 amide bonds. The lowest BCUT2D eigenvalue weighted by molar-refractivity contribution is -0.141. The molecule has 82 valence electrons. The maximum absolute atomic E-state index is 10.7. The highest BCUT2D eigenvalue weighted by Gasteiger charge is 2.18. The van der Waals surface area contributed by atoms with Gasteiger partial charge in [-0.3, -0.25) is 4.79 Å². The van der Waals surface area contributed by atoms with E-state index in [0.29, 0.717) is 0 Å². The highest BCUT2D eigenvalue weighted by atomic mass is 16.4. The molecule has 0 bridgehead atoms. The molecule has 0 aromatic heterocycles. The summed E-state index contributed by atoms with van der Waals surface area (Å²) >= 11 is 0. The summed E-state index contributed by atoms with van der Waals surface area (Å²) in [7, 11) is 0. The van der Waals surface area contributed by atoms with Crippen molar-refractivity contribution in [3.8, 4) is 0 Å². The fourth-order valence-electron chi connectivity index (χ4n) is 1.25. The molecule has 2 unspecified atom stereocenters. The molecular weight excluding hydrogens is 190 g/mol. The first-order valence-electron chi connectivity index (χ1n) is 5.06. The van der Waals surface area contributed by atoms with Gasteiger partial charge in [0.1, 0.15) is 0 Å². The van der Waals surface area contributed by atoms with Gasteiger partial charge in [-0.1, -0.05) is 17.7 Å². The molecule has 15 heavy (non-hydrogen) atoms. The summed E-state index contributed by atoms with van der Waals surface area (Å²) < 4.78 is 0. The zero-order valence-corrected chi connectivity index (χ0v) is 9.32. The minimum atomic E-state index is -0.776. The van der Waals surface area contributed by atoms with Crippen LogP contribution in [0.5, 0.6) is 0 Å². The van der Waals surface area contributed by atoms with E-state index in [-0.39, 0.29) is 6.04 Å². The first kappa shape index (κ1) is 11.6. The Hall–Kier alpha value is -1.51. The average molecular weight is 207 g/mol. The van der Waals surface area contributed by atoms with Crippen LogP contribution in [0.4, 0.5) is 5.69 Å². The topological polar surface area (TPSA) is 49.3 Å². The molecule has 0 saturated carbocycles. The number of anilines is 1. The Morgan fingerprint density at radius 2 is 1.80 bits per heavy atom. The number of carboxylic acid groups (broad SMARTS) is 1. The van der Waals surface area contributed by atoms with Crippen molar-refractivity contribution in [1.29, 1.82) is 0 Å². The zero-order valence-electron chi connectivity index (χ0n) is 9.32. The van der Waals surface area contributed by atoms with Crippen molar-refractivity contribution >= 4 is 11.7 Å². The van der Waals surface area contributed by atoms with Gasteiger partial charge in [-0.05, 0) is 32.9 Å². The first-order valence-corrected chi connectivity index (χ1v) is 5.06. The van der Waals surface area contributed by atoms with Crippen LogP contribution in [0.1, 0.15) is 19.4 Å². The molecule has 0 aliphatic heterocycles. The highest BCUT2D eigenvalue weighted by molar-refractivity contribution is 5.71. The Kier molecular flexibility index (Phi) is 3.72. The molecule has 0 saturated heterocycles. The van der Waals surface area contributed by atoms with Gasteiger partial charge in [0.2, 0.25) is 0 Å². The molecule has 1 aromatic carbocycles. The van der Waals surface area contributed by atoms with E-state index in [2.05, 4.69) is 5.32 Å². The fraction of sp³-hybridized carbons (Fsp3) is 0.417. The van der Waals surface area contributed by atoms with Gasteiger partial charge in [-0.15, -0.1) is 0 Å². The van der Waals surface area contributed by atoms with E-state index in [4.69, 9.17) is 5.11 Å². The number of aliphatic carboxylic acids is 1. The van der Waals surface area contributed by atoms with Crippen molar-refractivity contribution < 1.29 is 9.90 Å². The number of benzene rings is 1. The highest BCUT2D eigenvalue weighted by Crippen LogP contribution is 2.13. The number of rotatable bonds is 4. The Labute approximate surface area is 90.1 Å². The molecular formula is C12H17NO2. The monoisotopic (exact) mass is 207 g/mol. The molecule has 0 aliphatic rings. The summed E-state index contributed by atoms with van der Waals surface area (Å²) in [6, 6.07) is 7.84. The van der Waals surface area contributed by atoms with Crippen molar-refractivity contribution in [2.24, 2.45) is 5.92 Å². The zero-order chi connectivity index (χ0) is 11.4. The van der Waals surface area contributed by atoms with E-state index in [1.165, 1.54) is 5.56 Å². The number of carboxylic acids is 1. The molecule has 0 heterocycles. The first-order chi connectivity index (χ1) is 7.00. The van der Waals surface area contributed by atoms with Crippen molar-refractivity contribution in [3.05, 3.63) is 29.8 Å². The van der Waals surface area contributed by atoms with Gasteiger partial charge in [-0.2, -0.15) is 0 Å². The normalized spacial score (nSPS) is 14.3. The predicted molar refractivity (Wildman–Crippen MR) is 61.1 cm³/mol. The standard InChI is InChI=1S/C12H17NO2/c1-8-4-6-11(7-5-8)13-10(3)9(2)12(14)15/h4-7,9-10,13H,1-3H3,(H,14,15). The van der Waals surface area contributed by atoms with Crippen LogP contribution in [-0.4, -0.2) is 17.1 Å². The van der Waals surface area contributed by atoms with Crippen LogP contribution in [0.3, 0.4) is 0 Å². The summed E-state index contributed by atoms with van der Waals surface area (Å²) in [5.41, 5.74) is 2.15. The summed E-state index contributed by atoms with van der Waals surface area (Å²) in [6.45, 7) is 5.60. The van der Waals surface area contributed by atoms with Crippen LogP contribution in [0.15, 0.2) is 24.3 Å². The van der Waals surface area contributed by atoms with E-state index in [0.717, 1.165) is 5.69 Å². The Morgan fingerprint density at radius 3 is 2.27 bits per heavy atom. The lowest BCUT2D eigenvalue weighted by atomic mass is 10.0. The van der Waals surface area contributed by atoms with Gasteiger partial charge in [0.25, 0.3) is 0 Å². The smallest absolute Gasteiger partial charge is 0.308 e. The minimum absolute atomic E-state index is 0.0785. The van der Waals surface area contributed by atoms with E-state index < -0.39 is 11.9 Å². The summed E-state index contributed by atoms with van der Waals surface area (Å²) in [6.07, 6.45) is 0. The van der Waals surface area contributed by atoms with E-state index in [9.17, 15) is 4.79 Å². The van der Waals surface area contributed by atoms with Gasteiger partial charge in [-0.25, -0.2) is 0 Å². The summed E-state index contributed by atoms with van der Waals surface area (Å²) in [5, 5.41) is 12.0. The van der Waals surface area contributed by atoms with E-state index >= 15 is 0 Å². The molecule has 1 rings (SSSR count). The third-order valence-corrected chi connectivity index (χ3v) is 2.59. The number of hydrogen-bond acceptors (Lipinski definition) is 2. The third-order valence-electron chi connectivity index (χ3n) is 2.59. The fourth-order valence-corrected chi connectivity index (χ4v) is 1.25. The molecule has 0 fully saturated rings. The van der Waals surface area contributed by atoms with Crippen LogP contribution < -0.4 is 5.32 Å². The van der Waals surface area contributed by atoms with Gasteiger partial charge in [0.15, 0.2) is 0 Å². The molecule has 0 aliphatic carbocycles. The minimum Gasteiger partial charge on any atom is -0.481 e. The quantitative estimate of drug-likeness (QED) is 0.797. The van der Waals surface area contributed by atoms with Crippen LogP contribution in [0, 0.1) is 12.8 Å². The number of carbonyl (C=O) groups is 1. The summed E-state index contributed by atoms with van der Waals surface area (Å²) in [5.74, 6) is -1.17. The molecule has 2 atom stereocenters. The SMILES string of the molecule is Cc1ccc(NC(C)C(C)C(=O)O)cc1. The van der Waals surface area contributed by atoms with E-state index in [1.54, 1.807) is 6.92 Å². The van der Waals surface area contributed by atoms with Crippen molar-refractivity contribution in [3.63, 3.8) is 0 Å². The van der Waals surface area contributed by atoms with E-state index in [1.807, 2.05) is 38.1 Å². The molecule has 3 nitrogen and oxygen atoms in total. The molecule has 1 aromatic rings. The molecule has 0 radical (unpaired) electrons. The Morgan fingerprint density at radius 1 is 1.27 bits per heavy atom. The molecule has 0 spiro atoms. The Balaban J connectivity index is 2.62.